The minimum Gasteiger partial charge on any atom is -0.493 e. The molecule has 0 unspecified atom stereocenters. The quantitative estimate of drug-likeness (QED) is 0.504. The minimum atomic E-state index is -0.222. The van der Waals surface area contributed by atoms with Crippen LogP contribution in [0.15, 0.2) is 48.5 Å². The van der Waals surface area contributed by atoms with E-state index < -0.39 is 0 Å². The summed E-state index contributed by atoms with van der Waals surface area (Å²) < 4.78 is 12.0. The molecule has 2 aromatic rings. The first-order valence-electron chi connectivity index (χ1n) is 11.5. The number of hydrogen-bond donors (Lipinski definition) is 0. The second-order valence-electron chi connectivity index (χ2n) is 8.38. The molecule has 166 valence electrons. The molecule has 0 N–H and O–H groups in total. The monoisotopic (exact) mass is 422 g/mol. The van der Waals surface area contributed by atoms with Crippen LogP contribution in [0.2, 0.25) is 0 Å². The number of ether oxygens (including phenoxy) is 2. The first kappa shape index (κ1) is 23.2. The first-order chi connectivity index (χ1) is 15.1. The molecule has 0 radical (unpaired) electrons. The van der Waals surface area contributed by atoms with Crippen molar-refractivity contribution in [1.29, 1.82) is 0 Å². The molecule has 0 saturated heterocycles. The zero-order valence-electron chi connectivity index (χ0n) is 18.6. The smallest absolute Gasteiger partial charge is 0.140 e. The average Bonchev–Trinajstić information content (AvgIpc) is 2.77. The molecule has 1 aliphatic rings. The molecule has 0 aromatic heterocycles. The molecule has 2 aromatic carbocycles. The van der Waals surface area contributed by atoms with E-state index in [1.165, 1.54) is 0 Å². The lowest BCUT2D eigenvalue weighted by Gasteiger charge is -2.23. The molecule has 3 rings (SSSR count). The molecule has 1 heterocycles. The van der Waals surface area contributed by atoms with Crippen LogP contribution in [0, 0.1) is 0 Å². The van der Waals surface area contributed by atoms with Gasteiger partial charge in [-0.15, -0.1) is 0 Å². The fourth-order valence-corrected chi connectivity index (χ4v) is 4.18. The first-order valence-corrected chi connectivity index (χ1v) is 11.5. The van der Waals surface area contributed by atoms with Gasteiger partial charge in [-0.1, -0.05) is 55.3 Å². The number of rotatable bonds is 8. The third-order valence-corrected chi connectivity index (χ3v) is 5.90. The lowest BCUT2D eigenvalue weighted by molar-refractivity contribution is -0.121. The number of benzene rings is 2. The topological polar surface area (TPSA) is 52.6 Å². The van der Waals surface area contributed by atoms with Crippen molar-refractivity contribution in [3.63, 3.8) is 0 Å². The third kappa shape index (κ3) is 7.32. The maximum Gasteiger partial charge on any atom is 0.140 e. The van der Waals surface area contributed by atoms with Crippen LogP contribution in [0.5, 0.6) is 5.75 Å². The van der Waals surface area contributed by atoms with Gasteiger partial charge in [-0.3, -0.25) is 4.79 Å². The van der Waals surface area contributed by atoms with Gasteiger partial charge in [0, 0.05) is 25.4 Å². The van der Waals surface area contributed by atoms with E-state index in [9.17, 15) is 9.59 Å². The molecule has 4 heteroatoms. The van der Waals surface area contributed by atoms with Crippen LogP contribution in [0.3, 0.4) is 0 Å². The molecule has 1 aliphatic heterocycles. The summed E-state index contributed by atoms with van der Waals surface area (Å²) in [7, 11) is 0. The Hall–Kier alpha value is -2.46. The molecular formula is C27H34O4. The van der Waals surface area contributed by atoms with Gasteiger partial charge in [0.05, 0.1) is 13.2 Å². The van der Waals surface area contributed by atoms with Crippen molar-refractivity contribution in [2.75, 3.05) is 13.2 Å². The zero-order chi connectivity index (χ0) is 21.9. The standard InChI is InChI=1S/C27H34O4/c1-21(28)15-16-25-23-12-9-14-27(25)31-18-8-3-2-7-13-26(29)24(23)17-19-30-20-22-10-5-4-6-11-22/h4-6,9-12,14,24H,2-3,7-8,13,15-20H2,1H3/t24-/m0/s1. The summed E-state index contributed by atoms with van der Waals surface area (Å²) in [5.41, 5.74) is 3.15. The Labute approximate surface area is 186 Å². The second-order valence-corrected chi connectivity index (χ2v) is 8.38. The van der Waals surface area contributed by atoms with Crippen molar-refractivity contribution >= 4 is 11.6 Å². The zero-order valence-corrected chi connectivity index (χ0v) is 18.6. The van der Waals surface area contributed by atoms with Gasteiger partial charge in [0.25, 0.3) is 0 Å². The van der Waals surface area contributed by atoms with Crippen LogP contribution in [0.1, 0.15) is 74.5 Å². The summed E-state index contributed by atoms with van der Waals surface area (Å²) in [5.74, 6) is 1.02. The van der Waals surface area contributed by atoms with E-state index in [1.807, 2.05) is 48.5 Å². The number of Topliss-reactive ketones (excluding diaryl/α,β-unsaturated/α-hetero) is 2. The highest BCUT2D eigenvalue weighted by molar-refractivity contribution is 5.86. The largest absolute Gasteiger partial charge is 0.493 e. The van der Waals surface area contributed by atoms with E-state index in [2.05, 4.69) is 0 Å². The Balaban J connectivity index is 1.79. The Kier molecular flexibility index (Phi) is 9.29. The summed E-state index contributed by atoms with van der Waals surface area (Å²) in [5, 5.41) is 0. The molecule has 0 fully saturated rings. The average molecular weight is 423 g/mol. The van der Waals surface area contributed by atoms with Gasteiger partial charge in [-0.2, -0.15) is 0 Å². The van der Waals surface area contributed by atoms with Crippen molar-refractivity contribution in [2.24, 2.45) is 0 Å². The van der Waals surface area contributed by atoms with Crippen LogP contribution in [0.25, 0.3) is 0 Å². The number of ketones is 2. The van der Waals surface area contributed by atoms with Gasteiger partial charge in [-0.05, 0) is 55.4 Å². The van der Waals surface area contributed by atoms with Crippen LogP contribution in [0.4, 0.5) is 0 Å². The Morgan fingerprint density at radius 1 is 1.03 bits per heavy atom. The van der Waals surface area contributed by atoms with Gasteiger partial charge in [0.15, 0.2) is 0 Å². The number of carbonyl (C=O) groups is 2. The van der Waals surface area contributed by atoms with Crippen LogP contribution in [-0.2, 0) is 27.4 Å². The van der Waals surface area contributed by atoms with Crippen LogP contribution in [-0.4, -0.2) is 24.8 Å². The van der Waals surface area contributed by atoms with E-state index in [0.717, 1.165) is 48.1 Å². The summed E-state index contributed by atoms with van der Waals surface area (Å²) in [6, 6.07) is 16.1. The van der Waals surface area contributed by atoms with E-state index in [4.69, 9.17) is 9.47 Å². The maximum absolute atomic E-state index is 13.2. The van der Waals surface area contributed by atoms with Crippen molar-refractivity contribution in [3.8, 4) is 5.75 Å². The highest BCUT2D eigenvalue weighted by Crippen LogP contribution is 2.34. The number of carbonyl (C=O) groups excluding carboxylic acids is 2. The molecule has 1 atom stereocenters. The molecule has 31 heavy (non-hydrogen) atoms. The van der Waals surface area contributed by atoms with Crippen molar-refractivity contribution in [3.05, 3.63) is 65.2 Å². The maximum atomic E-state index is 13.2. The Bertz CT molecular complexity index is 844. The SMILES string of the molecule is CC(=O)CCc1c2cccc1[C@H](CCOCc1ccccc1)C(=O)CCCCCCO2. The molecule has 0 spiro atoms. The third-order valence-electron chi connectivity index (χ3n) is 5.90. The Morgan fingerprint density at radius 3 is 2.65 bits per heavy atom. The predicted octanol–water partition coefficient (Wildman–Crippen LogP) is 5.81. The van der Waals surface area contributed by atoms with E-state index in [0.29, 0.717) is 45.5 Å². The lowest BCUT2D eigenvalue weighted by atomic mass is 9.84. The normalized spacial score (nSPS) is 17.3. The fraction of sp³-hybridized carbons (Fsp3) is 0.481. The second kappa shape index (κ2) is 12.4. The summed E-state index contributed by atoms with van der Waals surface area (Å²) >= 11 is 0. The van der Waals surface area contributed by atoms with Crippen molar-refractivity contribution in [2.45, 2.75) is 70.8 Å². The highest BCUT2D eigenvalue weighted by atomic mass is 16.5. The number of fused-ring (bicyclic) bond motifs is 2. The predicted molar refractivity (Wildman–Crippen MR) is 122 cm³/mol. The molecule has 2 bridgehead atoms. The molecule has 0 amide bonds. The Morgan fingerprint density at radius 2 is 1.84 bits per heavy atom. The van der Waals surface area contributed by atoms with E-state index in [1.54, 1.807) is 6.92 Å². The molecule has 0 saturated carbocycles. The summed E-state index contributed by atoms with van der Waals surface area (Å²) in [6.45, 7) is 3.35. The molecule has 4 nitrogen and oxygen atoms in total. The summed E-state index contributed by atoms with van der Waals surface area (Å²) in [4.78, 5) is 24.9. The van der Waals surface area contributed by atoms with Gasteiger partial charge in [0.1, 0.15) is 17.3 Å². The lowest BCUT2D eigenvalue weighted by Crippen LogP contribution is -2.18. The van der Waals surface area contributed by atoms with Gasteiger partial charge < -0.3 is 14.3 Å². The van der Waals surface area contributed by atoms with E-state index >= 15 is 0 Å². The van der Waals surface area contributed by atoms with Gasteiger partial charge in [0.2, 0.25) is 0 Å². The van der Waals surface area contributed by atoms with Gasteiger partial charge in [-0.25, -0.2) is 0 Å². The van der Waals surface area contributed by atoms with E-state index in [-0.39, 0.29) is 17.5 Å². The number of hydrogen-bond acceptors (Lipinski definition) is 4. The summed E-state index contributed by atoms with van der Waals surface area (Å²) in [6.07, 6.45) is 6.33. The minimum absolute atomic E-state index is 0.149. The van der Waals surface area contributed by atoms with Crippen molar-refractivity contribution < 1.29 is 19.1 Å². The van der Waals surface area contributed by atoms with Crippen LogP contribution >= 0.6 is 0 Å². The fourth-order valence-electron chi connectivity index (χ4n) is 4.18. The van der Waals surface area contributed by atoms with Gasteiger partial charge >= 0.3 is 0 Å². The highest BCUT2D eigenvalue weighted by Gasteiger charge is 2.25. The molecule has 0 aliphatic carbocycles. The molecular weight excluding hydrogens is 388 g/mol. The van der Waals surface area contributed by atoms with Crippen molar-refractivity contribution in [1.82, 2.24) is 0 Å². The van der Waals surface area contributed by atoms with Crippen LogP contribution < -0.4 is 4.74 Å².